The molecule has 3 aromatic rings. The van der Waals surface area contributed by atoms with E-state index in [0.29, 0.717) is 6.42 Å². The average Bonchev–Trinajstić information content (AvgIpc) is 3.18. The first-order valence-corrected chi connectivity index (χ1v) is 7.56. The molecule has 2 aromatic heterocycles. The zero-order chi connectivity index (χ0) is 16.2. The standard InChI is InChI=1S/C15H11FN4O2S/c16-10-3-1-2-9(6-10)7-11-4-5-12(23-11)8-13(21)14(22)15-17-19-20-18-15/h1-6H,7-8H2,(H,17,18,19,20). The predicted molar refractivity (Wildman–Crippen MR) is 80.7 cm³/mol. The molecule has 8 heteroatoms. The minimum Gasteiger partial charge on any atom is -0.290 e. The van der Waals surface area contributed by atoms with Gasteiger partial charge in [-0.3, -0.25) is 9.59 Å². The highest BCUT2D eigenvalue weighted by Crippen LogP contribution is 2.21. The third-order valence-electron chi connectivity index (χ3n) is 3.12. The lowest BCUT2D eigenvalue weighted by Crippen LogP contribution is -2.17. The molecule has 6 nitrogen and oxygen atoms in total. The Hall–Kier alpha value is -2.74. The van der Waals surface area contributed by atoms with Crippen molar-refractivity contribution in [1.82, 2.24) is 20.6 Å². The molecular weight excluding hydrogens is 319 g/mol. The Kier molecular flexibility index (Phi) is 4.33. The van der Waals surface area contributed by atoms with E-state index in [4.69, 9.17) is 0 Å². The molecule has 0 saturated heterocycles. The molecule has 0 radical (unpaired) electrons. The molecular formula is C15H11FN4O2S. The van der Waals surface area contributed by atoms with Crippen LogP contribution in [0.15, 0.2) is 36.4 Å². The minimum absolute atomic E-state index is 0.0127. The van der Waals surface area contributed by atoms with Gasteiger partial charge in [0.1, 0.15) is 5.82 Å². The third-order valence-corrected chi connectivity index (χ3v) is 4.21. The van der Waals surface area contributed by atoms with E-state index in [1.165, 1.54) is 23.5 Å². The summed E-state index contributed by atoms with van der Waals surface area (Å²) < 4.78 is 13.2. The maximum atomic E-state index is 13.2. The maximum Gasteiger partial charge on any atom is 0.269 e. The number of benzene rings is 1. The molecule has 0 fully saturated rings. The molecule has 0 atom stereocenters. The second-order valence-electron chi connectivity index (χ2n) is 4.84. The number of nitrogens with zero attached hydrogens (tertiary/aromatic N) is 3. The normalized spacial score (nSPS) is 10.7. The Labute approximate surface area is 134 Å². The molecule has 116 valence electrons. The SMILES string of the molecule is O=C(Cc1ccc(Cc2cccc(F)c2)s1)C(=O)c1nn[nH]n1. The highest BCUT2D eigenvalue weighted by atomic mass is 32.1. The number of carbonyl (C=O) groups is 2. The highest BCUT2D eigenvalue weighted by Gasteiger charge is 2.21. The van der Waals surface area contributed by atoms with Crippen LogP contribution in [-0.4, -0.2) is 32.2 Å². The monoisotopic (exact) mass is 330 g/mol. The molecule has 2 heterocycles. The molecule has 3 rings (SSSR count). The van der Waals surface area contributed by atoms with Crippen LogP contribution in [0.25, 0.3) is 0 Å². The molecule has 0 unspecified atom stereocenters. The zero-order valence-corrected chi connectivity index (χ0v) is 12.6. The number of nitrogens with one attached hydrogen (secondary N) is 1. The first-order chi connectivity index (χ1) is 11.1. The van der Waals surface area contributed by atoms with Gasteiger partial charge in [0, 0.05) is 22.6 Å². The number of H-pyrrole nitrogens is 1. The van der Waals surface area contributed by atoms with Crippen LogP contribution in [0.3, 0.4) is 0 Å². The number of rotatable bonds is 6. The summed E-state index contributed by atoms with van der Waals surface area (Å²) in [6.45, 7) is 0. The van der Waals surface area contributed by atoms with E-state index in [9.17, 15) is 14.0 Å². The predicted octanol–water partition coefficient (Wildman–Crippen LogP) is 1.99. The van der Waals surface area contributed by atoms with Gasteiger partial charge in [0.2, 0.25) is 11.6 Å². The van der Waals surface area contributed by atoms with E-state index in [1.807, 2.05) is 12.1 Å². The summed E-state index contributed by atoms with van der Waals surface area (Å²) in [6.07, 6.45) is 0.566. The van der Waals surface area contributed by atoms with Crippen molar-refractivity contribution in [3.8, 4) is 0 Å². The fourth-order valence-electron chi connectivity index (χ4n) is 2.08. The Bertz CT molecular complexity index is 845. The van der Waals surface area contributed by atoms with E-state index in [1.54, 1.807) is 12.1 Å². The van der Waals surface area contributed by atoms with Crippen LogP contribution >= 0.6 is 11.3 Å². The van der Waals surface area contributed by atoms with Gasteiger partial charge in [0.25, 0.3) is 5.78 Å². The lowest BCUT2D eigenvalue weighted by molar-refractivity contribution is -0.114. The van der Waals surface area contributed by atoms with E-state index in [-0.39, 0.29) is 18.1 Å². The smallest absolute Gasteiger partial charge is 0.269 e. The van der Waals surface area contributed by atoms with Gasteiger partial charge in [-0.05, 0) is 35.0 Å². The van der Waals surface area contributed by atoms with Gasteiger partial charge in [-0.1, -0.05) is 12.1 Å². The number of tetrazole rings is 1. The molecule has 0 aliphatic rings. The number of aromatic amines is 1. The summed E-state index contributed by atoms with van der Waals surface area (Å²) in [6, 6.07) is 10.0. The summed E-state index contributed by atoms with van der Waals surface area (Å²) in [4.78, 5) is 25.4. The Morgan fingerprint density at radius 3 is 2.74 bits per heavy atom. The molecule has 1 N–H and O–H groups in total. The van der Waals surface area contributed by atoms with Crippen molar-refractivity contribution in [2.75, 3.05) is 0 Å². The lowest BCUT2D eigenvalue weighted by atomic mass is 10.1. The first kappa shape index (κ1) is 15.2. The molecule has 23 heavy (non-hydrogen) atoms. The molecule has 0 aliphatic heterocycles. The van der Waals surface area contributed by atoms with Crippen LogP contribution in [0.5, 0.6) is 0 Å². The van der Waals surface area contributed by atoms with Gasteiger partial charge in [0.15, 0.2) is 0 Å². The van der Waals surface area contributed by atoms with E-state index in [2.05, 4.69) is 20.6 Å². The quantitative estimate of drug-likeness (QED) is 0.551. The zero-order valence-electron chi connectivity index (χ0n) is 11.8. The van der Waals surface area contributed by atoms with Gasteiger partial charge in [-0.15, -0.1) is 21.5 Å². The van der Waals surface area contributed by atoms with Crippen LogP contribution in [0, 0.1) is 5.82 Å². The highest BCUT2D eigenvalue weighted by molar-refractivity contribution is 7.12. The maximum absolute atomic E-state index is 13.2. The fourth-order valence-corrected chi connectivity index (χ4v) is 3.13. The van der Waals surface area contributed by atoms with Crippen molar-refractivity contribution < 1.29 is 14.0 Å². The summed E-state index contributed by atoms with van der Waals surface area (Å²) in [5, 5.41) is 12.4. The number of ketones is 2. The summed E-state index contributed by atoms with van der Waals surface area (Å²) in [7, 11) is 0. The van der Waals surface area contributed by atoms with Crippen molar-refractivity contribution in [2.45, 2.75) is 12.8 Å². The van der Waals surface area contributed by atoms with E-state index >= 15 is 0 Å². The number of thiophene rings is 1. The Morgan fingerprint density at radius 1 is 1.17 bits per heavy atom. The first-order valence-electron chi connectivity index (χ1n) is 6.75. The van der Waals surface area contributed by atoms with E-state index in [0.717, 1.165) is 15.3 Å². The van der Waals surface area contributed by atoms with E-state index < -0.39 is 11.6 Å². The van der Waals surface area contributed by atoms with Crippen LogP contribution in [0.4, 0.5) is 4.39 Å². The lowest BCUT2D eigenvalue weighted by Gasteiger charge is -1.98. The van der Waals surface area contributed by atoms with Crippen molar-refractivity contribution in [3.05, 3.63) is 63.4 Å². The second-order valence-corrected chi connectivity index (χ2v) is 6.09. The second kappa shape index (κ2) is 6.57. The summed E-state index contributed by atoms with van der Waals surface area (Å²) in [5.41, 5.74) is 0.854. The summed E-state index contributed by atoms with van der Waals surface area (Å²) in [5.74, 6) is -1.86. The number of hydrogen-bond acceptors (Lipinski definition) is 6. The van der Waals surface area contributed by atoms with Crippen molar-refractivity contribution in [1.29, 1.82) is 0 Å². The van der Waals surface area contributed by atoms with Gasteiger partial charge in [0.05, 0.1) is 0 Å². The van der Waals surface area contributed by atoms with Gasteiger partial charge < -0.3 is 0 Å². The van der Waals surface area contributed by atoms with Gasteiger partial charge >= 0.3 is 0 Å². The minimum atomic E-state index is -0.765. The van der Waals surface area contributed by atoms with Gasteiger partial charge in [-0.25, -0.2) is 4.39 Å². The molecule has 0 bridgehead atoms. The topological polar surface area (TPSA) is 88.6 Å². The van der Waals surface area contributed by atoms with Crippen LogP contribution in [0.2, 0.25) is 0 Å². The number of aromatic nitrogens is 4. The number of carbonyl (C=O) groups excluding carboxylic acids is 2. The average molecular weight is 330 g/mol. The summed E-state index contributed by atoms with van der Waals surface area (Å²) >= 11 is 1.42. The molecule has 0 saturated carbocycles. The fraction of sp³-hybridized carbons (Fsp3) is 0.133. The van der Waals surface area contributed by atoms with Crippen LogP contribution in [-0.2, 0) is 17.6 Å². The van der Waals surface area contributed by atoms with Crippen molar-refractivity contribution in [2.24, 2.45) is 0 Å². The van der Waals surface area contributed by atoms with Crippen molar-refractivity contribution in [3.63, 3.8) is 0 Å². The molecule has 1 aromatic carbocycles. The number of hydrogen-bond donors (Lipinski definition) is 1. The Morgan fingerprint density at radius 2 is 2.00 bits per heavy atom. The molecule has 0 aliphatic carbocycles. The number of Topliss-reactive ketones (excluding diaryl/α,β-unsaturated/α-hetero) is 2. The third kappa shape index (κ3) is 3.72. The van der Waals surface area contributed by atoms with Crippen LogP contribution in [0.1, 0.15) is 25.9 Å². The Balaban J connectivity index is 1.65. The molecule has 0 amide bonds. The largest absolute Gasteiger partial charge is 0.290 e. The van der Waals surface area contributed by atoms with Crippen LogP contribution < -0.4 is 0 Å². The van der Waals surface area contributed by atoms with Crippen molar-refractivity contribution >= 4 is 22.9 Å². The number of halogens is 1. The van der Waals surface area contributed by atoms with Gasteiger partial charge in [-0.2, -0.15) is 5.21 Å². The molecule has 0 spiro atoms.